The molecule has 9 heteroatoms. The summed E-state index contributed by atoms with van der Waals surface area (Å²) < 4.78 is 1.06. The number of nitrogens with zero attached hydrogens (tertiary/aromatic N) is 3. The number of fused-ring (bicyclic) bond motifs is 1. The minimum absolute atomic E-state index is 0.00522. The van der Waals surface area contributed by atoms with E-state index in [0.29, 0.717) is 17.5 Å². The first-order chi connectivity index (χ1) is 14.2. The van der Waals surface area contributed by atoms with Gasteiger partial charge in [-0.15, -0.1) is 11.3 Å². The Hall–Kier alpha value is -3.33. The van der Waals surface area contributed by atoms with Crippen molar-refractivity contribution in [3.63, 3.8) is 0 Å². The molecule has 0 spiro atoms. The van der Waals surface area contributed by atoms with Crippen LogP contribution in [0.3, 0.4) is 0 Å². The number of hydrogen-bond donors (Lipinski definition) is 3. The second-order valence-corrected chi connectivity index (χ2v) is 9.08. The number of rotatable bonds is 6. The lowest BCUT2D eigenvalue weighted by molar-refractivity contribution is 0.359. The molecule has 1 atom stereocenters. The number of benzene rings is 1. The van der Waals surface area contributed by atoms with Gasteiger partial charge < -0.3 is 16.0 Å². The van der Waals surface area contributed by atoms with Gasteiger partial charge in [-0.1, -0.05) is 20.8 Å². The average molecular weight is 423 g/mol. The van der Waals surface area contributed by atoms with Gasteiger partial charge >= 0.3 is 0 Å². The van der Waals surface area contributed by atoms with Crippen LogP contribution < -0.4 is 26.8 Å². The summed E-state index contributed by atoms with van der Waals surface area (Å²) in [5.74, 6) is 0.796. The Balaban J connectivity index is 1.53. The fourth-order valence-electron chi connectivity index (χ4n) is 2.76. The fraction of sp³-hybridized carbons (Fsp3) is 0.286. The summed E-state index contributed by atoms with van der Waals surface area (Å²) in [5, 5.41) is 9.28. The molecule has 4 aromatic rings. The normalized spacial score (nSPS) is 12.8. The molecule has 0 bridgehead atoms. The highest BCUT2D eigenvalue weighted by molar-refractivity contribution is 7.16. The predicted octanol–water partition coefficient (Wildman–Crippen LogP) is 4.02. The maximum atomic E-state index is 12.1. The summed E-state index contributed by atoms with van der Waals surface area (Å²) in [7, 11) is 0. The van der Waals surface area contributed by atoms with E-state index in [4.69, 9.17) is 0 Å². The lowest BCUT2D eigenvalue weighted by atomic mass is 9.87. The van der Waals surface area contributed by atoms with Crippen LogP contribution in [0.4, 0.5) is 28.8 Å². The van der Waals surface area contributed by atoms with Crippen molar-refractivity contribution in [3.8, 4) is 0 Å². The molecule has 2 heterocycles. The highest BCUT2D eigenvalue weighted by Crippen LogP contribution is 2.27. The lowest BCUT2D eigenvalue weighted by Gasteiger charge is -2.30. The molecule has 2 aromatic carbocycles. The van der Waals surface area contributed by atoms with Gasteiger partial charge in [-0.2, -0.15) is 4.98 Å². The number of thiazole rings is 1. The molecule has 3 N–H and O–H groups in total. The first-order valence-corrected chi connectivity index (χ1v) is 10.4. The van der Waals surface area contributed by atoms with Crippen LogP contribution in [0.15, 0.2) is 45.6 Å². The van der Waals surface area contributed by atoms with Crippen LogP contribution >= 0.6 is 11.3 Å². The highest BCUT2D eigenvalue weighted by Gasteiger charge is 2.27. The Bertz CT molecular complexity index is 1280. The van der Waals surface area contributed by atoms with Crippen molar-refractivity contribution in [3.05, 3.63) is 56.4 Å². The minimum atomic E-state index is -0.553. The molecule has 0 amide bonds. The summed E-state index contributed by atoms with van der Waals surface area (Å²) >= 11 is 1.55. The van der Waals surface area contributed by atoms with E-state index >= 15 is 0 Å². The molecule has 0 radical (unpaired) electrons. The second-order valence-electron chi connectivity index (χ2n) is 8.19. The first-order valence-electron chi connectivity index (χ1n) is 9.52. The minimum Gasteiger partial charge on any atom is -0.377 e. The van der Waals surface area contributed by atoms with Crippen molar-refractivity contribution in [1.29, 1.82) is 0 Å². The zero-order chi connectivity index (χ0) is 21.5. The summed E-state index contributed by atoms with van der Waals surface area (Å²) in [6.45, 7) is 8.17. The molecule has 0 aliphatic carbocycles. The monoisotopic (exact) mass is 422 g/mol. The zero-order valence-electron chi connectivity index (χ0n) is 17.1. The standard InChI is InChI=1S/C21H22N6O2S/c1-11(21(2,3)4)24-16-17(19(29)18(16)28)26-15-7-8-22-20(27-15)25-12-5-6-13-14(9-12)30-10-23-13/h5-11,24H,1-4H3,(H2,22,25,26,27). The SMILES string of the molecule is CC(Nc1c(Nc2ccnc(Nc3ccc4ncsc4c3)n2)c(=O)c1=O)C(C)(C)C. The Morgan fingerprint density at radius 2 is 1.77 bits per heavy atom. The van der Waals surface area contributed by atoms with Gasteiger partial charge in [-0.25, -0.2) is 9.97 Å². The Kier molecular flexibility index (Phi) is 4.98. The van der Waals surface area contributed by atoms with Gasteiger partial charge in [0.15, 0.2) is 0 Å². The summed E-state index contributed by atoms with van der Waals surface area (Å²) in [4.78, 5) is 37.1. The van der Waals surface area contributed by atoms with Gasteiger partial charge in [0.1, 0.15) is 17.2 Å². The molecule has 0 aliphatic heterocycles. The van der Waals surface area contributed by atoms with E-state index < -0.39 is 10.9 Å². The molecule has 0 aliphatic rings. The van der Waals surface area contributed by atoms with Crippen LogP contribution in [0.1, 0.15) is 27.7 Å². The van der Waals surface area contributed by atoms with Crippen LogP contribution in [0.5, 0.6) is 0 Å². The van der Waals surface area contributed by atoms with Gasteiger partial charge in [-0.3, -0.25) is 9.59 Å². The molecule has 154 valence electrons. The van der Waals surface area contributed by atoms with Crippen molar-refractivity contribution in [2.45, 2.75) is 33.7 Å². The average Bonchev–Trinajstić information content (AvgIpc) is 3.17. The highest BCUT2D eigenvalue weighted by atomic mass is 32.1. The third-order valence-electron chi connectivity index (χ3n) is 5.07. The molecule has 8 nitrogen and oxygen atoms in total. The predicted molar refractivity (Wildman–Crippen MR) is 122 cm³/mol. The zero-order valence-corrected chi connectivity index (χ0v) is 17.9. The first kappa shape index (κ1) is 20.0. The van der Waals surface area contributed by atoms with E-state index in [1.54, 1.807) is 29.1 Å². The lowest BCUT2D eigenvalue weighted by Crippen LogP contribution is -2.41. The number of anilines is 5. The van der Waals surface area contributed by atoms with Crippen LogP contribution in [-0.2, 0) is 0 Å². The van der Waals surface area contributed by atoms with E-state index in [-0.39, 0.29) is 17.1 Å². The van der Waals surface area contributed by atoms with Crippen LogP contribution in [0.2, 0.25) is 0 Å². The topological polar surface area (TPSA) is 109 Å². The maximum Gasteiger partial charge on any atom is 0.253 e. The van der Waals surface area contributed by atoms with Crippen molar-refractivity contribution in [1.82, 2.24) is 15.0 Å². The molecule has 2 aromatic heterocycles. The molecule has 0 saturated carbocycles. The molecule has 0 saturated heterocycles. The largest absolute Gasteiger partial charge is 0.377 e. The van der Waals surface area contributed by atoms with Gasteiger partial charge in [0, 0.05) is 17.9 Å². The molecule has 4 rings (SSSR count). The van der Waals surface area contributed by atoms with E-state index in [1.165, 1.54) is 0 Å². The van der Waals surface area contributed by atoms with Crippen molar-refractivity contribution >= 4 is 50.4 Å². The Morgan fingerprint density at radius 3 is 2.53 bits per heavy atom. The molecular weight excluding hydrogens is 400 g/mol. The van der Waals surface area contributed by atoms with E-state index in [2.05, 4.69) is 51.7 Å². The number of hydrogen-bond acceptors (Lipinski definition) is 9. The van der Waals surface area contributed by atoms with Gasteiger partial charge in [-0.05, 0) is 36.6 Å². The molecule has 30 heavy (non-hydrogen) atoms. The van der Waals surface area contributed by atoms with E-state index in [9.17, 15) is 9.59 Å². The Labute approximate surface area is 177 Å². The quantitative estimate of drug-likeness (QED) is 0.400. The second kappa shape index (κ2) is 7.49. The molecular formula is C21H22N6O2S. The summed E-state index contributed by atoms with van der Waals surface area (Å²) in [6, 6.07) is 7.45. The molecule has 1 unspecified atom stereocenters. The maximum absolute atomic E-state index is 12.1. The van der Waals surface area contributed by atoms with Crippen molar-refractivity contribution < 1.29 is 0 Å². The van der Waals surface area contributed by atoms with Gasteiger partial charge in [0.25, 0.3) is 10.9 Å². The van der Waals surface area contributed by atoms with Crippen molar-refractivity contribution in [2.24, 2.45) is 5.41 Å². The van der Waals surface area contributed by atoms with Crippen LogP contribution in [-0.4, -0.2) is 21.0 Å². The van der Waals surface area contributed by atoms with Gasteiger partial charge in [0.05, 0.1) is 15.7 Å². The third-order valence-corrected chi connectivity index (χ3v) is 5.86. The fourth-order valence-corrected chi connectivity index (χ4v) is 3.48. The van der Waals surface area contributed by atoms with E-state index in [0.717, 1.165) is 15.9 Å². The third kappa shape index (κ3) is 3.88. The molecule has 0 fully saturated rings. The number of nitrogens with one attached hydrogen (secondary N) is 3. The summed E-state index contributed by atoms with van der Waals surface area (Å²) in [6.07, 6.45) is 1.58. The van der Waals surface area contributed by atoms with E-state index in [1.807, 2.05) is 25.1 Å². The number of aromatic nitrogens is 3. The smallest absolute Gasteiger partial charge is 0.253 e. The van der Waals surface area contributed by atoms with Gasteiger partial charge in [0.2, 0.25) is 5.95 Å². The summed E-state index contributed by atoms with van der Waals surface area (Å²) in [5.41, 5.74) is 2.96. The van der Waals surface area contributed by atoms with Crippen LogP contribution in [0, 0.1) is 5.41 Å². The Morgan fingerprint density at radius 1 is 1.00 bits per heavy atom. The van der Waals surface area contributed by atoms with Crippen molar-refractivity contribution in [2.75, 3.05) is 16.0 Å². The van der Waals surface area contributed by atoms with Crippen LogP contribution in [0.25, 0.3) is 10.2 Å².